The van der Waals surface area contributed by atoms with E-state index in [-0.39, 0.29) is 11.5 Å². The van der Waals surface area contributed by atoms with Gasteiger partial charge in [-0.3, -0.25) is 4.79 Å². The van der Waals surface area contributed by atoms with Crippen LogP contribution in [0.2, 0.25) is 0 Å². The van der Waals surface area contributed by atoms with Crippen LogP contribution in [0.4, 0.5) is 0 Å². The molecule has 110 valence electrons. The molecule has 2 nitrogen and oxygen atoms in total. The predicted molar refractivity (Wildman–Crippen MR) is 102 cm³/mol. The number of aryl methyl sites for hydroxylation is 1. The number of hydrogen-bond donors (Lipinski definition) is 1. The fourth-order valence-electron chi connectivity index (χ4n) is 2.18. The molecule has 0 saturated heterocycles. The van der Waals surface area contributed by atoms with Crippen molar-refractivity contribution in [1.29, 1.82) is 0 Å². The summed E-state index contributed by atoms with van der Waals surface area (Å²) in [6.07, 6.45) is 3.11. The van der Waals surface area contributed by atoms with Gasteiger partial charge in [0.25, 0.3) is 0 Å². The van der Waals surface area contributed by atoms with E-state index in [1.54, 1.807) is 12.1 Å². The van der Waals surface area contributed by atoms with Gasteiger partial charge in [-0.05, 0) is 75.7 Å². The van der Waals surface area contributed by atoms with Gasteiger partial charge in [0.05, 0.1) is 7.14 Å². The molecule has 0 heterocycles. The van der Waals surface area contributed by atoms with E-state index in [0.29, 0.717) is 12.7 Å². The van der Waals surface area contributed by atoms with Gasteiger partial charge in [-0.15, -0.1) is 0 Å². The van der Waals surface area contributed by atoms with Gasteiger partial charge in [0, 0.05) is 11.1 Å². The van der Waals surface area contributed by atoms with Gasteiger partial charge >= 0.3 is 0 Å². The SMILES string of the molecule is CCCCc1ccccc1C(=O)c1cc(I)c(O)c(I)c1. The van der Waals surface area contributed by atoms with Gasteiger partial charge in [-0.2, -0.15) is 0 Å². The smallest absolute Gasteiger partial charge is 0.193 e. The van der Waals surface area contributed by atoms with Gasteiger partial charge in [0.1, 0.15) is 5.75 Å². The van der Waals surface area contributed by atoms with Crippen molar-refractivity contribution in [3.8, 4) is 5.75 Å². The second kappa shape index (κ2) is 7.58. The molecule has 0 atom stereocenters. The molecule has 0 fully saturated rings. The lowest BCUT2D eigenvalue weighted by molar-refractivity contribution is 0.103. The van der Waals surface area contributed by atoms with Crippen LogP contribution in [0.1, 0.15) is 41.3 Å². The summed E-state index contributed by atoms with van der Waals surface area (Å²) in [5.74, 6) is 0.268. The first-order valence-electron chi connectivity index (χ1n) is 6.85. The van der Waals surface area contributed by atoms with Crippen molar-refractivity contribution in [2.45, 2.75) is 26.2 Å². The van der Waals surface area contributed by atoms with Gasteiger partial charge < -0.3 is 5.11 Å². The van der Waals surface area contributed by atoms with Crippen molar-refractivity contribution < 1.29 is 9.90 Å². The van der Waals surface area contributed by atoms with Crippen molar-refractivity contribution in [2.75, 3.05) is 0 Å². The summed E-state index contributed by atoms with van der Waals surface area (Å²) in [5.41, 5.74) is 2.50. The van der Waals surface area contributed by atoms with E-state index < -0.39 is 0 Å². The topological polar surface area (TPSA) is 37.3 Å². The Morgan fingerprint density at radius 1 is 1.14 bits per heavy atom. The highest BCUT2D eigenvalue weighted by Crippen LogP contribution is 2.29. The number of aromatic hydroxyl groups is 1. The lowest BCUT2D eigenvalue weighted by atomic mass is 9.95. The number of carbonyl (C=O) groups excluding carboxylic acids is 1. The molecule has 0 bridgehead atoms. The average molecular weight is 506 g/mol. The second-order valence-electron chi connectivity index (χ2n) is 4.88. The molecule has 0 aliphatic rings. The van der Waals surface area contributed by atoms with Crippen LogP contribution in [0.3, 0.4) is 0 Å². The molecule has 21 heavy (non-hydrogen) atoms. The van der Waals surface area contributed by atoms with Crippen molar-refractivity contribution in [3.63, 3.8) is 0 Å². The molecule has 0 aliphatic heterocycles. The first-order chi connectivity index (χ1) is 10.0. The predicted octanol–water partition coefficient (Wildman–Crippen LogP) is 5.18. The third kappa shape index (κ3) is 3.97. The summed E-state index contributed by atoms with van der Waals surface area (Å²) in [5, 5.41) is 9.83. The minimum absolute atomic E-state index is 0.0255. The summed E-state index contributed by atoms with van der Waals surface area (Å²) in [7, 11) is 0. The van der Waals surface area contributed by atoms with Crippen LogP contribution in [-0.4, -0.2) is 10.9 Å². The average Bonchev–Trinajstić information content (AvgIpc) is 2.49. The van der Waals surface area contributed by atoms with Crippen LogP contribution < -0.4 is 0 Å². The molecule has 0 amide bonds. The van der Waals surface area contributed by atoms with Crippen molar-refractivity contribution in [3.05, 3.63) is 60.2 Å². The fraction of sp³-hybridized carbons (Fsp3) is 0.235. The van der Waals surface area contributed by atoms with Crippen LogP contribution in [0.25, 0.3) is 0 Å². The zero-order valence-electron chi connectivity index (χ0n) is 11.7. The highest BCUT2D eigenvalue weighted by Gasteiger charge is 2.16. The Morgan fingerprint density at radius 2 is 1.76 bits per heavy atom. The Bertz CT molecular complexity index is 643. The van der Waals surface area contributed by atoms with E-state index in [1.165, 1.54) is 0 Å². The molecule has 4 heteroatoms. The van der Waals surface area contributed by atoms with Crippen LogP contribution in [0, 0.1) is 7.14 Å². The number of phenols is 1. The lowest BCUT2D eigenvalue weighted by Gasteiger charge is -2.10. The normalized spacial score (nSPS) is 10.6. The first kappa shape index (κ1) is 16.7. The molecular weight excluding hydrogens is 490 g/mol. The van der Waals surface area contributed by atoms with Crippen LogP contribution in [0.15, 0.2) is 36.4 Å². The number of rotatable bonds is 5. The number of hydrogen-bond acceptors (Lipinski definition) is 2. The van der Waals surface area contributed by atoms with Crippen LogP contribution in [0.5, 0.6) is 5.75 Å². The Balaban J connectivity index is 2.40. The number of phenolic OH excluding ortho intramolecular Hbond substituents is 1. The number of halogens is 2. The van der Waals surface area contributed by atoms with E-state index in [2.05, 4.69) is 52.1 Å². The Kier molecular flexibility index (Phi) is 6.04. The maximum absolute atomic E-state index is 12.8. The summed E-state index contributed by atoms with van der Waals surface area (Å²) in [6.45, 7) is 2.15. The Labute approximate surface area is 152 Å². The highest BCUT2D eigenvalue weighted by molar-refractivity contribution is 14.1. The molecule has 2 aromatic rings. The maximum atomic E-state index is 12.8. The molecule has 2 rings (SSSR count). The molecule has 0 aromatic heterocycles. The molecule has 0 radical (unpaired) electrons. The standard InChI is InChI=1S/C17H16I2O2/c1-2-3-6-11-7-4-5-8-13(11)16(20)12-9-14(18)17(21)15(19)10-12/h4-5,7-10,21H,2-3,6H2,1H3. The van der Waals surface area contributed by atoms with Gasteiger partial charge in [0.2, 0.25) is 0 Å². The number of unbranched alkanes of at least 4 members (excludes halogenated alkanes) is 1. The summed E-state index contributed by atoms with van der Waals surface area (Å²) in [4.78, 5) is 12.8. The van der Waals surface area contributed by atoms with Crippen LogP contribution >= 0.6 is 45.2 Å². The van der Waals surface area contributed by atoms with Crippen molar-refractivity contribution in [2.24, 2.45) is 0 Å². The number of ketones is 1. The Morgan fingerprint density at radius 3 is 2.38 bits per heavy atom. The quantitative estimate of drug-likeness (QED) is 0.449. The largest absolute Gasteiger partial charge is 0.506 e. The molecule has 2 aromatic carbocycles. The van der Waals surface area contributed by atoms with Gasteiger partial charge in [-0.1, -0.05) is 37.6 Å². The van der Waals surface area contributed by atoms with E-state index in [4.69, 9.17) is 0 Å². The van der Waals surface area contributed by atoms with E-state index in [0.717, 1.165) is 30.4 Å². The minimum atomic E-state index is 0.0255. The van der Waals surface area contributed by atoms with Gasteiger partial charge in [-0.25, -0.2) is 0 Å². The summed E-state index contributed by atoms with van der Waals surface area (Å²) >= 11 is 4.11. The van der Waals surface area contributed by atoms with Crippen LogP contribution in [-0.2, 0) is 6.42 Å². The van der Waals surface area contributed by atoms with E-state index in [1.807, 2.05) is 24.3 Å². The molecule has 0 spiro atoms. The molecule has 1 N–H and O–H groups in total. The summed E-state index contributed by atoms with van der Waals surface area (Å²) < 4.78 is 1.41. The first-order valence-corrected chi connectivity index (χ1v) is 9.01. The molecule has 0 unspecified atom stereocenters. The van der Waals surface area contributed by atoms with Gasteiger partial charge in [0.15, 0.2) is 5.78 Å². The monoisotopic (exact) mass is 506 g/mol. The van der Waals surface area contributed by atoms with E-state index >= 15 is 0 Å². The zero-order valence-corrected chi connectivity index (χ0v) is 16.0. The molecular formula is C17H16I2O2. The van der Waals surface area contributed by atoms with Crippen molar-refractivity contribution in [1.82, 2.24) is 0 Å². The fourth-order valence-corrected chi connectivity index (χ4v) is 3.95. The molecule has 0 saturated carbocycles. The second-order valence-corrected chi connectivity index (χ2v) is 7.20. The third-order valence-corrected chi connectivity index (χ3v) is 4.99. The minimum Gasteiger partial charge on any atom is -0.506 e. The van der Waals surface area contributed by atoms with E-state index in [9.17, 15) is 9.90 Å². The summed E-state index contributed by atoms with van der Waals surface area (Å²) in [6, 6.07) is 11.3. The highest BCUT2D eigenvalue weighted by atomic mass is 127. The molecule has 0 aliphatic carbocycles. The number of benzene rings is 2. The third-order valence-electron chi connectivity index (χ3n) is 3.34. The van der Waals surface area contributed by atoms with Crippen molar-refractivity contribution >= 4 is 51.0 Å². The lowest BCUT2D eigenvalue weighted by Crippen LogP contribution is -2.06. The zero-order chi connectivity index (χ0) is 15.4. The Hall–Kier alpha value is -0.630. The maximum Gasteiger partial charge on any atom is 0.193 e. The number of carbonyl (C=O) groups is 1.